The molecular weight excluding hydrogens is 220 g/mol. The monoisotopic (exact) mass is 228 g/mol. The fourth-order valence-corrected chi connectivity index (χ4v) is 1.02. The lowest BCUT2D eigenvalue weighted by molar-refractivity contribution is -0.130. The zero-order valence-corrected chi connectivity index (χ0v) is 9.02. The van der Waals surface area contributed by atoms with Crippen molar-refractivity contribution in [3.05, 3.63) is 41.3 Å². The van der Waals surface area contributed by atoms with Gasteiger partial charge < -0.3 is 9.84 Å². The van der Waals surface area contributed by atoms with E-state index in [2.05, 4.69) is 11.4 Å². The first-order chi connectivity index (χ1) is 7.99. The topological polar surface area (TPSA) is 74.7 Å². The highest BCUT2D eigenvalue weighted by molar-refractivity contribution is 5.89. The molecule has 0 amide bonds. The standard InChI is InChI=1S/C12H8N2O3/c1-7(2)12(16)17-9-4-8(6-13)11(15)10(5-9)14-3/h4-5,15H,1H2,2H3. The lowest BCUT2D eigenvalue weighted by Gasteiger charge is -2.06. The summed E-state index contributed by atoms with van der Waals surface area (Å²) in [5.74, 6) is -1.05. The minimum absolute atomic E-state index is 0.0263. The molecule has 1 rings (SSSR count). The molecule has 5 heteroatoms. The van der Waals surface area contributed by atoms with Crippen molar-refractivity contribution in [3.8, 4) is 17.6 Å². The van der Waals surface area contributed by atoms with Crippen molar-refractivity contribution in [2.75, 3.05) is 0 Å². The molecule has 0 aromatic heterocycles. The lowest BCUT2D eigenvalue weighted by Crippen LogP contribution is -2.08. The number of rotatable bonds is 2. The average Bonchev–Trinajstić information content (AvgIpc) is 2.30. The number of phenols is 1. The van der Waals surface area contributed by atoms with E-state index in [4.69, 9.17) is 16.6 Å². The van der Waals surface area contributed by atoms with Gasteiger partial charge in [0.1, 0.15) is 17.6 Å². The summed E-state index contributed by atoms with van der Waals surface area (Å²) in [5, 5.41) is 18.2. The van der Waals surface area contributed by atoms with Gasteiger partial charge in [-0.05, 0) is 19.1 Å². The van der Waals surface area contributed by atoms with Crippen LogP contribution in [0.2, 0.25) is 0 Å². The van der Waals surface area contributed by atoms with E-state index in [1.807, 2.05) is 0 Å². The molecule has 0 aliphatic rings. The maximum absolute atomic E-state index is 11.3. The Morgan fingerprint density at radius 3 is 2.76 bits per heavy atom. The molecule has 17 heavy (non-hydrogen) atoms. The summed E-state index contributed by atoms with van der Waals surface area (Å²) in [6.45, 7) is 11.7. The van der Waals surface area contributed by atoms with E-state index in [0.29, 0.717) is 0 Å². The van der Waals surface area contributed by atoms with Crippen molar-refractivity contribution in [3.63, 3.8) is 0 Å². The van der Waals surface area contributed by atoms with E-state index in [1.165, 1.54) is 19.1 Å². The van der Waals surface area contributed by atoms with E-state index in [1.54, 1.807) is 6.07 Å². The normalized spacial score (nSPS) is 8.88. The molecular formula is C12H8N2O3. The second kappa shape index (κ2) is 4.82. The number of carbonyl (C=O) groups is 1. The van der Waals surface area contributed by atoms with Gasteiger partial charge in [-0.2, -0.15) is 5.26 Å². The summed E-state index contributed by atoms with van der Waals surface area (Å²) in [5.41, 5.74) is -0.0717. The van der Waals surface area contributed by atoms with Crippen molar-refractivity contribution in [1.29, 1.82) is 5.26 Å². The number of ether oxygens (including phenoxy) is 1. The van der Waals surface area contributed by atoms with Crippen LogP contribution in [0.1, 0.15) is 12.5 Å². The van der Waals surface area contributed by atoms with E-state index >= 15 is 0 Å². The van der Waals surface area contributed by atoms with Crippen LogP contribution in [0.5, 0.6) is 11.5 Å². The van der Waals surface area contributed by atoms with Gasteiger partial charge in [-0.1, -0.05) is 6.58 Å². The van der Waals surface area contributed by atoms with E-state index < -0.39 is 11.7 Å². The summed E-state index contributed by atoms with van der Waals surface area (Å²) >= 11 is 0. The predicted octanol–water partition coefficient (Wildman–Crippen LogP) is 2.30. The maximum atomic E-state index is 11.3. The molecule has 1 aromatic carbocycles. The molecule has 0 unspecified atom stereocenters. The van der Waals surface area contributed by atoms with Crippen molar-refractivity contribution in [2.45, 2.75) is 6.92 Å². The highest BCUT2D eigenvalue weighted by Crippen LogP contribution is 2.34. The molecule has 5 nitrogen and oxygen atoms in total. The van der Waals surface area contributed by atoms with Gasteiger partial charge in [-0.25, -0.2) is 9.64 Å². The third kappa shape index (κ3) is 2.61. The van der Waals surface area contributed by atoms with Crippen LogP contribution in [0, 0.1) is 17.9 Å². The number of aromatic hydroxyl groups is 1. The SMILES string of the molecule is [C-]#[N+]c1cc(OC(=O)C(=C)C)cc(C#N)c1O. The molecule has 0 spiro atoms. The Balaban J connectivity index is 3.21. The lowest BCUT2D eigenvalue weighted by atomic mass is 10.2. The molecule has 84 valence electrons. The van der Waals surface area contributed by atoms with Crippen LogP contribution in [0.4, 0.5) is 5.69 Å². The molecule has 0 aliphatic carbocycles. The third-order valence-electron chi connectivity index (χ3n) is 1.86. The Kier molecular flexibility index (Phi) is 3.48. The second-order valence-corrected chi connectivity index (χ2v) is 3.23. The number of esters is 1. The summed E-state index contributed by atoms with van der Waals surface area (Å²) in [6.07, 6.45) is 0. The fourth-order valence-electron chi connectivity index (χ4n) is 1.02. The molecule has 0 radical (unpaired) electrons. The minimum atomic E-state index is -0.657. The molecule has 1 N–H and O–H groups in total. The van der Waals surface area contributed by atoms with Crippen molar-refractivity contribution >= 4 is 11.7 Å². The molecule has 0 heterocycles. The fraction of sp³-hybridized carbons (Fsp3) is 0.0833. The van der Waals surface area contributed by atoms with Crippen LogP contribution in [0.3, 0.4) is 0 Å². The molecule has 0 saturated heterocycles. The van der Waals surface area contributed by atoms with Gasteiger partial charge >= 0.3 is 5.97 Å². The van der Waals surface area contributed by atoms with Gasteiger partial charge in [0.25, 0.3) is 0 Å². The smallest absolute Gasteiger partial charge is 0.338 e. The van der Waals surface area contributed by atoms with Crippen LogP contribution in [-0.4, -0.2) is 11.1 Å². The van der Waals surface area contributed by atoms with E-state index in [9.17, 15) is 9.90 Å². The minimum Gasteiger partial charge on any atom is -0.518 e. The summed E-state index contributed by atoms with van der Waals surface area (Å²) in [7, 11) is 0. The largest absolute Gasteiger partial charge is 0.518 e. The van der Waals surface area contributed by atoms with Gasteiger partial charge in [-0.15, -0.1) is 0 Å². The Bertz CT molecular complexity index is 541. The number of phenolic OH excluding ortho intramolecular Hbond substituents is 1. The van der Waals surface area contributed by atoms with Crippen molar-refractivity contribution in [1.82, 2.24) is 0 Å². The van der Waals surface area contributed by atoms with Crippen LogP contribution in [0.25, 0.3) is 4.85 Å². The zero-order valence-electron chi connectivity index (χ0n) is 9.02. The Morgan fingerprint density at radius 2 is 2.29 bits per heavy atom. The molecule has 0 atom stereocenters. The summed E-state index contributed by atoms with van der Waals surface area (Å²) in [6, 6.07) is 4.08. The average molecular weight is 228 g/mol. The highest BCUT2D eigenvalue weighted by Gasteiger charge is 2.13. The Hall–Kier alpha value is -2.79. The number of hydrogen-bond donors (Lipinski definition) is 1. The van der Waals surface area contributed by atoms with Crippen LogP contribution >= 0.6 is 0 Å². The molecule has 1 aromatic rings. The first-order valence-electron chi connectivity index (χ1n) is 4.52. The van der Waals surface area contributed by atoms with Gasteiger partial charge in [0.05, 0.1) is 12.1 Å². The van der Waals surface area contributed by atoms with Crippen LogP contribution in [0.15, 0.2) is 24.3 Å². The van der Waals surface area contributed by atoms with Gasteiger partial charge in [0.2, 0.25) is 5.69 Å². The van der Waals surface area contributed by atoms with Crippen molar-refractivity contribution in [2.24, 2.45) is 0 Å². The first-order valence-corrected chi connectivity index (χ1v) is 4.52. The van der Waals surface area contributed by atoms with Crippen molar-refractivity contribution < 1.29 is 14.6 Å². The Labute approximate surface area is 98.0 Å². The number of hydrogen-bond acceptors (Lipinski definition) is 4. The maximum Gasteiger partial charge on any atom is 0.338 e. The van der Waals surface area contributed by atoms with Crippen LogP contribution < -0.4 is 4.74 Å². The number of nitriles is 1. The highest BCUT2D eigenvalue weighted by atomic mass is 16.5. The number of nitrogens with zero attached hydrogens (tertiary/aromatic N) is 2. The molecule has 0 fully saturated rings. The molecule has 0 aliphatic heterocycles. The first kappa shape index (κ1) is 12.3. The van der Waals surface area contributed by atoms with E-state index in [0.717, 1.165) is 0 Å². The predicted molar refractivity (Wildman–Crippen MR) is 59.5 cm³/mol. The Morgan fingerprint density at radius 1 is 1.65 bits per heavy atom. The number of carbonyl (C=O) groups excluding carboxylic acids is 1. The number of benzene rings is 1. The summed E-state index contributed by atoms with van der Waals surface area (Å²) < 4.78 is 4.87. The van der Waals surface area contributed by atoms with Gasteiger partial charge in [0.15, 0.2) is 0 Å². The third-order valence-corrected chi connectivity index (χ3v) is 1.86. The molecule has 0 bridgehead atoms. The molecule has 0 saturated carbocycles. The van der Waals surface area contributed by atoms with Gasteiger partial charge in [-0.3, -0.25) is 0 Å². The summed E-state index contributed by atoms with van der Waals surface area (Å²) in [4.78, 5) is 14.3. The van der Waals surface area contributed by atoms with Crippen LogP contribution in [-0.2, 0) is 4.79 Å². The second-order valence-electron chi connectivity index (χ2n) is 3.23. The van der Waals surface area contributed by atoms with E-state index in [-0.39, 0.29) is 22.6 Å². The van der Waals surface area contributed by atoms with Gasteiger partial charge in [0, 0.05) is 5.57 Å². The zero-order chi connectivity index (χ0) is 13.0. The quantitative estimate of drug-likeness (QED) is 0.364.